The molecule has 12 nitrogen and oxygen atoms in total. The van der Waals surface area contributed by atoms with E-state index in [9.17, 15) is 29.0 Å². The Morgan fingerprint density at radius 3 is 2.37 bits per heavy atom. The van der Waals surface area contributed by atoms with E-state index in [2.05, 4.69) is 4.74 Å². The number of hydrogen-bond acceptors (Lipinski definition) is 10. The number of aliphatic hydroxyl groups excluding tert-OH is 6. The molecule has 1 aromatic rings. The highest BCUT2D eigenvalue weighted by atomic mass is 19.2. The first-order chi connectivity index (χ1) is 12.6. The van der Waals surface area contributed by atoms with Gasteiger partial charge in [-0.1, -0.05) is 0 Å². The Balaban J connectivity index is 0.000000345. The van der Waals surface area contributed by atoms with Crippen molar-refractivity contribution in [1.82, 2.24) is 9.55 Å². The normalized spacial score (nSPS) is 29.5. The third kappa shape index (κ3) is 5.26. The predicted molar refractivity (Wildman–Crippen MR) is 84.2 cm³/mol. The second-order valence-corrected chi connectivity index (χ2v) is 5.58. The topological polar surface area (TPSA) is 203 Å². The number of aromatic amines is 1. The standard InChI is InChI=1S/C9H11FN2O6.C5H10O4/c10-9(7(16)6(15)4(3-13)18-9)12-2-1-5(14)11-8(12)17;6-2-1-4(8)5(9)3-7/h1-2,4,6-7,13,15-16H,3H2,(H,11,14,17);2,4-5,7-9H,1,3H2/t4-,6-,7-,9+;4-,5+/m10/s1. The van der Waals surface area contributed by atoms with Gasteiger partial charge in [0.25, 0.3) is 5.56 Å². The summed E-state index contributed by atoms with van der Waals surface area (Å²) in [5, 5.41) is 53.3. The van der Waals surface area contributed by atoms with Crippen molar-refractivity contribution in [3.05, 3.63) is 33.1 Å². The molecule has 0 aliphatic carbocycles. The maximum Gasteiger partial charge on any atom is 0.332 e. The maximum absolute atomic E-state index is 14.4. The van der Waals surface area contributed by atoms with Gasteiger partial charge in [-0.15, -0.1) is 0 Å². The summed E-state index contributed by atoms with van der Waals surface area (Å²) in [5.74, 6) is -3.05. The van der Waals surface area contributed by atoms with Crippen LogP contribution in [0.1, 0.15) is 6.42 Å². The molecule has 1 fully saturated rings. The summed E-state index contributed by atoms with van der Waals surface area (Å²) < 4.78 is 19.4. The van der Waals surface area contributed by atoms with E-state index in [0.29, 0.717) is 10.9 Å². The van der Waals surface area contributed by atoms with Gasteiger partial charge in [-0.25, -0.2) is 9.36 Å². The third-order valence-electron chi connectivity index (χ3n) is 3.69. The lowest BCUT2D eigenvalue weighted by atomic mass is 10.1. The third-order valence-corrected chi connectivity index (χ3v) is 3.69. The van der Waals surface area contributed by atoms with E-state index >= 15 is 0 Å². The smallest absolute Gasteiger partial charge is 0.332 e. The van der Waals surface area contributed by atoms with Crippen LogP contribution in [0, 0.1) is 0 Å². The Labute approximate surface area is 150 Å². The molecule has 154 valence electrons. The van der Waals surface area contributed by atoms with Crippen LogP contribution in [0.2, 0.25) is 0 Å². The molecular weight excluding hydrogens is 375 g/mol. The molecule has 0 amide bonds. The number of carbonyl (C=O) groups excluding carboxylic acids is 1. The van der Waals surface area contributed by atoms with Gasteiger partial charge in [-0.05, 0) is 0 Å². The van der Waals surface area contributed by atoms with Gasteiger partial charge < -0.3 is 40.2 Å². The second kappa shape index (κ2) is 9.80. The van der Waals surface area contributed by atoms with Gasteiger partial charge in [0.1, 0.15) is 24.6 Å². The number of nitrogens with one attached hydrogen (secondary N) is 1. The van der Waals surface area contributed by atoms with Crippen molar-refractivity contribution in [2.75, 3.05) is 13.2 Å². The fourth-order valence-corrected chi connectivity index (χ4v) is 2.14. The summed E-state index contributed by atoms with van der Waals surface area (Å²) >= 11 is 0. The van der Waals surface area contributed by atoms with Crippen LogP contribution in [0.3, 0.4) is 0 Å². The molecule has 2 rings (SSSR count). The molecule has 0 saturated carbocycles. The quantitative estimate of drug-likeness (QED) is 0.230. The van der Waals surface area contributed by atoms with Crippen LogP contribution >= 0.6 is 0 Å². The first-order valence-electron chi connectivity index (χ1n) is 7.69. The van der Waals surface area contributed by atoms with Crippen molar-refractivity contribution in [3.63, 3.8) is 0 Å². The molecule has 0 spiro atoms. The van der Waals surface area contributed by atoms with Gasteiger partial charge in [0.15, 0.2) is 6.10 Å². The zero-order chi connectivity index (χ0) is 20.8. The van der Waals surface area contributed by atoms with E-state index in [-0.39, 0.29) is 6.42 Å². The molecule has 7 N–H and O–H groups in total. The molecule has 13 heteroatoms. The number of hydrogen-bond donors (Lipinski definition) is 7. The van der Waals surface area contributed by atoms with Gasteiger partial charge in [0.2, 0.25) is 0 Å². The van der Waals surface area contributed by atoms with Crippen molar-refractivity contribution >= 4 is 6.29 Å². The van der Waals surface area contributed by atoms with Gasteiger partial charge in [0.05, 0.1) is 19.3 Å². The largest absolute Gasteiger partial charge is 0.394 e. The molecule has 1 aliphatic rings. The number of aromatic nitrogens is 2. The molecule has 2 heterocycles. The van der Waals surface area contributed by atoms with E-state index in [0.717, 1.165) is 12.3 Å². The number of halogens is 1. The molecule has 1 aromatic heterocycles. The Morgan fingerprint density at radius 2 is 1.93 bits per heavy atom. The van der Waals surface area contributed by atoms with E-state index in [1.54, 1.807) is 4.98 Å². The monoisotopic (exact) mass is 396 g/mol. The number of nitrogens with zero attached hydrogens (tertiary/aromatic N) is 1. The fourth-order valence-electron chi connectivity index (χ4n) is 2.14. The summed E-state index contributed by atoms with van der Waals surface area (Å²) in [6, 6.07) is 0.859. The molecule has 27 heavy (non-hydrogen) atoms. The molecule has 0 aromatic carbocycles. The van der Waals surface area contributed by atoms with Crippen molar-refractivity contribution < 1.29 is 44.6 Å². The van der Waals surface area contributed by atoms with Gasteiger partial charge in [0, 0.05) is 18.7 Å². The van der Waals surface area contributed by atoms with Gasteiger partial charge in [-0.3, -0.25) is 9.78 Å². The van der Waals surface area contributed by atoms with E-state index in [4.69, 9.17) is 20.4 Å². The maximum atomic E-state index is 14.4. The Bertz CT molecular complexity index is 724. The number of rotatable bonds is 6. The van der Waals surface area contributed by atoms with Gasteiger partial charge in [-0.2, -0.15) is 4.39 Å². The van der Waals surface area contributed by atoms with E-state index in [1.165, 1.54) is 0 Å². The van der Waals surface area contributed by atoms with Crippen molar-refractivity contribution in [1.29, 1.82) is 0 Å². The van der Waals surface area contributed by atoms with Crippen LogP contribution in [0.15, 0.2) is 21.9 Å². The van der Waals surface area contributed by atoms with E-state index in [1.807, 2.05) is 0 Å². The zero-order valence-corrected chi connectivity index (χ0v) is 13.9. The summed E-state index contributed by atoms with van der Waals surface area (Å²) in [7, 11) is 0. The molecule has 1 saturated heterocycles. The Hall–Kier alpha value is -2.00. The summed E-state index contributed by atoms with van der Waals surface area (Å²) in [6.45, 7) is -1.25. The van der Waals surface area contributed by atoms with Crippen LogP contribution in [0.4, 0.5) is 4.39 Å². The van der Waals surface area contributed by atoms with E-state index < -0.39 is 61.0 Å². The highest BCUT2D eigenvalue weighted by Crippen LogP contribution is 2.35. The van der Waals surface area contributed by atoms with Crippen LogP contribution in [-0.2, 0) is 15.5 Å². The molecular formula is C14H21FN2O10. The molecule has 0 unspecified atom stereocenters. The summed E-state index contributed by atoms with van der Waals surface area (Å²) in [4.78, 5) is 33.7. The minimum Gasteiger partial charge on any atom is -0.394 e. The predicted octanol–water partition coefficient (Wildman–Crippen LogP) is -4.48. The lowest BCUT2D eigenvalue weighted by Crippen LogP contribution is -2.48. The number of carbonyl (C=O) groups is 1. The lowest BCUT2D eigenvalue weighted by Gasteiger charge is -2.24. The molecule has 6 atom stereocenters. The number of H-pyrrole nitrogens is 1. The lowest BCUT2D eigenvalue weighted by molar-refractivity contribution is -0.239. The van der Waals surface area contributed by atoms with Crippen molar-refractivity contribution in [2.24, 2.45) is 0 Å². The summed E-state index contributed by atoms with van der Waals surface area (Å²) in [5.41, 5.74) is -1.89. The highest BCUT2D eigenvalue weighted by Gasteiger charge is 2.57. The minimum absolute atomic E-state index is 0.137. The van der Waals surface area contributed by atoms with Crippen LogP contribution in [0.5, 0.6) is 0 Å². The van der Waals surface area contributed by atoms with Gasteiger partial charge >= 0.3 is 11.7 Å². The zero-order valence-electron chi connectivity index (χ0n) is 13.9. The number of alkyl halides is 1. The SMILES string of the molecule is O=CC[C@H](O)[C@H](O)CO.O=c1ccn([C@]2(F)O[C@H](CO)[C@@H](O)[C@H]2O)c(=O)[nH]1. The second-order valence-electron chi connectivity index (χ2n) is 5.58. The van der Waals surface area contributed by atoms with Crippen molar-refractivity contribution in [2.45, 2.75) is 42.9 Å². The van der Waals surface area contributed by atoms with Crippen LogP contribution in [0.25, 0.3) is 0 Å². The highest BCUT2D eigenvalue weighted by molar-refractivity contribution is 5.50. The molecule has 0 bridgehead atoms. The first kappa shape index (κ1) is 23.0. The number of ether oxygens (including phenoxy) is 1. The minimum atomic E-state index is -3.05. The van der Waals surface area contributed by atoms with Crippen LogP contribution in [-0.4, -0.2) is 90.2 Å². The van der Waals surface area contributed by atoms with Crippen molar-refractivity contribution in [3.8, 4) is 0 Å². The average molecular weight is 396 g/mol. The molecule has 0 radical (unpaired) electrons. The Morgan fingerprint density at radius 1 is 1.30 bits per heavy atom. The number of aliphatic hydroxyl groups is 6. The van der Waals surface area contributed by atoms with Crippen LogP contribution < -0.4 is 11.2 Å². The molecule has 1 aliphatic heterocycles. The first-order valence-corrected chi connectivity index (χ1v) is 7.69. The average Bonchev–Trinajstić information content (AvgIpc) is 2.86. The number of aldehydes is 1. The summed E-state index contributed by atoms with van der Waals surface area (Å²) in [6.07, 6.45) is -6.33. The Kier molecular flexibility index (Phi) is 8.36. The fraction of sp³-hybridized carbons (Fsp3) is 0.643.